The van der Waals surface area contributed by atoms with Crippen LogP contribution in [0.15, 0.2) is 107 Å². The molecule has 0 saturated carbocycles. The highest BCUT2D eigenvalue weighted by molar-refractivity contribution is 6.09. The molecule has 0 spiro atoms. The number of ether oxygens (including phenoxy) is 1. The number of furan rings is 1. The van der Waals surface area contributed by atoms with Crippen LogP contribution < -0.4 is 20.3 Å². The molecule has 2 N–H and O–H groups in total. The predicted molar refractivity (Wildman–Crippen MR) is 151 cm³/mol. The fraction of sp³-hybridized carbons (Fsp3) is 0.188. The zero-order chi connectivity index (χ0) is 26.9. The number of ketones is 1. The number of hydrogen-bond donors (Lipinski definition) is 2. The molecular weight excluding hydrogens is 490 g/mol. The first-order valence-electron chi connectivity index (χ1n) is 13.0. The van der Waals surface area contributed by atoms with Crippen molar-refractivity contribution < 1.29 is 18.7 Å². The molecule has 2 atom stereocenters. The Bertz CT molecular complexity index is 1560. The van der Waals surface area contributed by atoms with Gasteiger partial charge >= 0.3 is 6.03 Å². The molecule has 0 unspecified atom stereocenters. The molecule has 3 aromatic carbocycles. The van der Waals surface area contributed by atoms with Gasteiger partial charge in [0.2, 0.25) is 0 Å². The Morgan fingerprint density at radius 3 is 2.51 bits per heavy atom. The summed E-state index contributed by atoms with van der Waals surface area (Å²) in [4.78, 5) is 29.9. The molecule has 2 aliphatic rings. The lowest BCUT2D eigenvalue weighted by molar-refractivity contribution is -0.116. The Morgan fingerprint density at radius 1 is 0.974 bits per heavy atom. The van der Waals surface area contributed by atoms with E-state index in [4.69, 9.17) is 9.15 Å². The highest BCUT2D eigenvalue weighted by Gasteiger charge is 2.43. The van der Waals surface area contributed by atoms with E-state index in [0.29, 0.717) is 29.1 Å². The number of nitrogens with zero attached hydrogens (tertiary/aromatic N) is 1. The molecule has 1 aliphatic carbocycles. The molecule has 196 valence electrons. The van der Waals surface area contributed by atoms with Crippen LogP contribution in [-0.4, -0.2) is 18.9 Å². The fourth-order valence-electron chi connectivity index (χ4n) is 5.55. The van der Waals surface area contributed by atoms with Crippen LogP contribution in [0.3, 0.4) is 0 Å². The van der Waals surface area contributed by atoms with E-state index in [1.807, 2.05) is 91.9 Å². The number of para-hydroxylation sites is 3. The number of rotatable bonds is 4. The Labute approximate surface area is 227 Å². The number of methoxy groups -OCH3 is 1. The maximum absolute atomic E-state index is 14.2. The lowest BCUT2D eigenvalue weighted by Crippen LogP contribution is -2.41. The number of nitrogens with one attached hydrogen (secondary N) is 2. The highest BCUT2D eigenvalue weighted by atomic mass is 16.5. The van der Waals surface area contributed by atoms with Gasteiger partial charge in [-0.3, -0.25) is 9.69 Å². The third-order valence-corrected chi connectivity index (χ3v) is 7.39. The SMILES string of the molecule is COc1ccccc1[C@H]1C2=C(C[C@@H](c3ccco3)CC2=O)Nc2ccccc2N1C(=O)Nc1ccc(C)cc1. The number of hydrogen-bond acceptors (Lipinski definition) is 5. The van der Waals surface area contributed by atoms with E-state index >= 15 is 0 Å². The summed E-state index contributed by atoms with van der Waals surface area (Å²) in [6.07, 6.45) is 2.49. The second-order valence-electron chi connectivity index (χ2n) is 9.89. The number of aryl methyl sites for hydroxylation is 1. The number of carbonyl (C=O) groups is 2. The quantitative estimate of drug-likeness (QED) is 0.298. The van der Waals surface area contributed by atoms with Gasteiger partial charge in [-0.2, -0.15) is 0 Å². The number of carbonyl (C=O) groups excluding carboxylic acids is 2. The third-order valence-electron chi connectivity index (χ3n) is 7.39. The van der Waals surface area contributed by atoms with Crippen LogP contribution in [0, 0.1) is 6.92 Å². The Kier molecular flexibility index (Phi) is 6.40. The van der Waals surface area contributed by atoms with Gasteiger partial charge in [0.05, 0.1) is 30.8 Å². The van der Waals surface area contributed by atoms with Gasteiger partial charge in [-0.05, 0) is 55.8 Å². The summed E-state index contributed by atoms with van der Waals surface area (Å²) < 4.78 is 11.4. The topological polar surface area (TPSA) is 83.8 Å². The van der Waals surface area contributed by atoms with Gasteiger partial charge in [0.1, 0.15) is 11.5 Å². The summed E-state index contributed by atoms with van der Waals surface area (Å²) >= 11 is 0. The lowest BCUT2D eigenvalue weighted by atomic mass is 9.80. The van der Waals surface area contributed by atoms with Crippen LogP contribution in [0.25, 0.3) is 0 Å². The van der Waals surface area contributed by atoms with Crippen molar-refractivity contribution in [3.63, 3.8) is 0 Å². The molecule has 6 rings (SSSR count). The van der Waals surface area contributed by atoms with Crippen LogP contribution in [-0.2, 0) is 4.79 Å². The average Bonchev–Trinajstić information content (AvgIpc) is 3.44. The van der Waals surface area contributed by atoms with Crippen molar-refractivity contribution in [1.29, 1.82) is 0 Å². The van der Waals surface area contributed by atoms with Gasteiger partial charge in [-0.1, -0.05) is 48.0 Å². The molecule has 2 heterocycles. The first-order chi connectivity index (χ1) is 19.0. The molecule has 0 bridgehead atoms. The lowest BCUT2D eigenvalue weighted by Gasteiger charge is -2.35. The molecular formula is C32H29N3O4. The number of allylic oxidation sites excluding steroid dienone is 1. The van der Waals surface area contributed by atoms with Crippen molar-refractivity contribution >= 4 is 28.9 Å². The summed E-state index contributed by atoms with van der Waals surface area (Å²) in [5.74, 6) is 1.24. The Morgan fingerprint density at radius 2 is 1.74 bits per heavy atom. The highest BCUT2D eigenvalue weighted by Crippen LogP contribution is 2.49. The zero-order valence-electron chi connectivity index (χ0n) is 21.8. The summed E-state index contributed by atoms with van der Waals surface area (Å²) in [6, 6.07) is 25.5. The van der Waals surface area contributed by atoms with Gasteiger partial charge in [0.15, 0.2) is 5.78 Å². The number of Topliss-reactive ketones (excluding diaryl/α,β-unsaturated/α-hetero) is 1. The van der Waals surface area contributed by atoms with Gasteiger partial charge in [-0.15, -0.1) is 0 Å². The maximum Gasteiger partial charge on any atom is 0.327 e. The van der Waals surface area contributed by atoms with Crippen molar-refractivity contribution in [3.05, 3.63) is 119 Å². The van der Waals surface area contributed by atoms with E-state index in [2.05, 4.69) is 10.6 Å². The second kappa shape index (κ2) is 10.2. The molecule has 7 nitrogen and oxygen atoms in total. The first kappa shape index (κ1) is 24.6. The molecule has 7 heteroatoms. The van der Waals surface area contributed by atoms with Crippen molar-refractivity contribution in [2.75, 3.05) is 22.6 Å². The third kappa shape index (κ3) is 4.56. The van der Waals surface area contributed by atoms with Crippen LogP contribution in [0.5, 0.6) is 5.75 Å². The van der Waals surface area contributed by atoms with Crippen molar-refractivity contribution in [2.45, 2.75) is 31.7 Å². The summed E-state index contributed by atoms with van der Waals surface area (Å²) in [7, 11) is 1.60. The van der Waals surface area contributed by atoms with Crippen LogP contribution in [0.2, 0.25) is 0 Å². The maximum atomic E-state index is 14.2. The molecule has 2 amide bonds. The molecule has 1 aromatic heterocycles. The predicted octanol–water partition coefficient (Wildman–Crippen LogP) is 7.20. The summed E-state index contributed by atoms with van der Waals surface area (Å²) in [5.41, 5.74) is 5.23. The molecule has 4 aromatic rings. The minimum absolute atomic E-state index is 0.0398. The van der Waals surface area contributed by atoms with Gasteiger partial charge in [0, 0.05) is 34.9 Å². The molecule has 39 heavy (non-hydrogen) atoms. The minimum atomic E-state index is -0.720. The van der Waals surface area contributed by atoms with Gasteiger partial charge in [-0.25, -0.2) is 4.79 Å². The number of urea groups is 1. The van der Waals surface area contributed by atoms with Crippen molar-refractivity contribution in [2.24, 2.45) is 0 Å². The molecule has 0 saturated heterocycles. The summed E-state index contributed by atoms with van der Waals surface area (Å²) in [5, 5.41) is 6.59. The van der Waals surface area contributed by atoms with Crippen LogP contribution in [0.1, 0.15) is 41.7 Å². The standard InChI is InChI=1S/C32H29N3O4/c1-20-13-15-22(16-14-20)33-32(37)35-26-10-5-4-9-24(26)34-25-18-21(28-12-7-17-39-28)19-27(36)30(25)31(35)23-8-3-6-11-29(23)38-2/h3-17,21,31,34H,18-19H2,1-2H3,(H,33,37)/t21-,31+/m1/s1. The average molecular weight is 520 g/mol. The van der Waals surface area contributed by atoms with Crippen molar-refractivity contribution in [3.8, 4) is 5.75 Å². The van der Waals surface area contributed by atoms with Gasteiger partial charge in [0.25, 0.3) is 0 Å². The van der Waals surface area contributed by atoms with E-state index in [-0.39, 0.29) is 24.2 Å². The Balaban J connectivity index is 1.54. The first-order valence-corrected chi connectivity index (χ1v) is 13.0. The number of amides is 2. The van der Waals surface area contributed by atoms with Crippen LogP contribution >= 0.6 is 0 Å². The Hall–Kier alpha value is -4.78. The van der Waals surface area contributed by atoms with E-state index in [1.54, 1.807) is 18.3 Å². The van der Waals surface area contributed by atoms with E-state index in [0.717, 1.165) is 28.3 Å². The van der Waals surface area contributed by atoms with E-state index in [9.17, 15) is 9.59 Å². The minimum Gasteiger partial charge on any atom is -0.496 e. The fourth-order valence-corrected chi connectivity index (χ4v) is 5.55. The molecule has 0 fully saturated rings. The summed E-state index contributed by atoms with van der Waals surface area (Å²) in [6.45, 7) is 2.00. The van der Waals surface area contributed by atoms with E-state index in [1.165, 1.54) is 0 Å². The molecule has 0 radical (unpaired) electrons. The molecule has 1 aliphatic heterocycles. The van der Waals surface area contributed by atoms with Crippen molar-refractivity contribution in [1.82, 2.24) is 0 Å². The van der Waals surface area contributed by atoms with Gasteiger partial charge < -0.3 is 19.8 Å². The smallest absolute Gasteiger partial charge is 0.327 e. The zero-order valence-corrected chi connectivity index (χ0v) is 21.8. The largest absolute Gasteiger partial charge is 0.496 e. The van der Waals surface area contributed by atoms with E-state index < -0.39 is 6.04 Å². The number of benzene rings is 3. The van der Waals surface area contributed by atoms with Crippen LogP contribution in [0.4, 0.5) is 21.9 Å². The monoisotopic (exact) mass is 519 g/mol. The number of anilines is 3. The second-order valence-corrected chi connectivity index (χ2v) is 9.89. The number of fused-ring (bicyclic) bond motifs is 1. The normalized spacial score (nSPS) is 18.5.